The lowest BCUT2D eigenvalue weighted by Gasteiger charge is -2.16. The summed E-state index contributed by atoms with van der Waals surface area (Å²) in [4.78, 5) is 8.56. The summed E-state index contributed by atoms with van der Waals surface area (Å²) < 4.78 is 5.23. The summed E-state index contributed by atoms with van der Waals surface area (Å²) in [6.07, 6.45) is 2.68. The van der Waals surface area contributed by atoms with Crippen LogP contribution in [0, 0.1) is 13.8 Å². The van der Waals surface area contributed by atoms with E-state index in [9.17, 15) is 0 Å². The normalized spacial score (nSPS) is 12.4. The molecular formula is C17H26IN5O. The summed E-state index contributed by atoms with van der Waals surface area (Å²) in [6, 6.07) is 5.95. The molecule has 2 rings (SSSR count). The molecule has 6 nitrogen and oxygen atoms in total. The Bertz CT molecular complexity index is 622. The molecule has 0 saturated carbocycles. The van der Waals surface area contributed by atoms with Gasteiger partial charge in [-0.2, -0.15) is 0 Å². The fourth-order valence-electron chi connectivity index (χ4n) is 2.62. The van der Waals surface area contributed by atoms with Gasteiger partial charge in [-0.3, -0.25) is 9.98 Å². The van der Waals surface area contributed by atoms with Gasteiger partial charge in [0.2, 0.25) is 0 Å². The van der Waals surface area contributed by atoms with Crippen LogP contribution in [0.3, 0.4) is 0 Å². The highest BCUT2D eigenvalue weighted by Crippen LogP contribution is 2.22. The predicted molar refractivity (Wildman–Crippen MR) is 107 cm³/mol. The van der Waals surface area contributed by atoms with E-state index < -0.39 is 0 Å². The molecule has 1 atom stereocenters. The Kier molecular flexibility index (Phi) is 8.73. The summed E-state index contributed by atoms with van der Waals surface area (Å²) in [5.74, 6) is 1.98. The van der Waals surface area contributed by atoms with E-state index >= 15 is 0 Å². The van der Waals surface area contributed by atoms with E-state index in [1.165, 1.54) is 5.56 Å². The van der Waals surface area contributed by atoms with Crippen molar-refractivity contribution in [3.05, 3.63) is 47.1 Å². The van der Waals surface area contributed by atoms with Crippen LogP contribution < -0.4 is 10.6 Å². The molecule has 0 radical (unpaired) electrons. The summed E-state index contributed by atoms with van der Waals surface area (Å²) >= 11 is 0. The maximum atomic E-state index is 5.23. The van der Waals surface area contributed by atoms with Gasteiger partial charge in [-0.25, -0.2) is 0 Å². The van der Waals surface area contributed by atoms with Crippen molar-refractivity contribution >= 4 is 29.9 Å². The summed E-state index contributed by atoms with van der Waals surface area (Å²) in [5.41, 5.74) is 3.19. The number of guanidine groups is 1. The van der Waals surface area contributed by atoms with E-state index in [-0.39, 0.29) is 24.0 Å². The molecule has 0 aliphatic heterocycles. The van der Waals surface area contributed by atoms with E-state index in [1.54, 1.807) is 7.05 Å². The molecule has 7 heteroatoms. The van der Waals surface area contributed by atoms with Crippen molar-refractivity contribution in [3.63, 3.8) is 0 Å². The third-order valence-corrected chi connectivity index (χ3v) is 3.78. The fourth-order valence-corrected chi connectivity index (χ4v) is 2.62. The molecule has 2 heterocycles. The highest BCUT2D eigenvalue weighted by Gasteiger charge is 2.16. The number of nitrogens with one attached hydrogen (secondary N) is 2. The van der Waals surface area contributed by atoms with E-state index in [4.69, 9.17) is 4.52 Å². The van der Waals surface area contributed by atoms with Gasteiger partial charge in [0.05, 0.1) is 5.69 Å². The average molecular weight is 443 g/mol. The van der Waals surface area contributed by atoms with Crippen molar-refractivity contribution in [2.75, 3.05) is 20.1 Å². The van der Waals surface area contributed by atoms with Gasteiger partial charge >= 0.3 is 0 Å². The molecule has 2 aromatic heterocycles. The first kappa shape index (κ1) is 20.4. The molecule has 0 saturated heterocycles. The third kappa shape index (κ3) is 5.77. The van der Waals surface area contributed by atoms with Crippen LogP contribution in [-0.2, 0) is 6.42 Å². The highest BCUT2D eigenvalue weighted by molar-refractivity contribution is 14.0. The van der Waals surface area contributed by atoms with E-state index in [1.807, 2.05) is 38.2 Å². The number of aliphatic imine (C=N–C) groups is 1. The minimum absolute atomic E-state index is 0. The third-order valence-electron chi connectivity index (χ3n) is 3.78. The number of hydrogen-bond acceptors (Lipinski definition) is 4. The molecule has 0 aromatic carbocycles. The van der Waals surface area contributed by atoms with Crippen LogP contribution in [0.4, 0.5) is 0 Å². The highest BCUT2D eigenvalue weighted by atomic mass is 127. The molecule has 2 aromatic rings. The van der Waals surface area contributed by atoms with Gasteiger partial charge in [0.25, 0.3) is 0 Å². The molecule has 0 fully saturated rings. The lowest BCUT2D eigenvalue weighted by molar-refractivity contribution is 0.391. The number of rotatable bonds is 6. The van der Waals surface area contributed by atoms with E-state index in [0.29, 0.717) is 5.92 Å². The van der Waals surface area contributed by atoms with Crippen molar-refractivity contribution < 1.29 is 4.52 Å². The number of pyridine rings is 1. The smallest absolute Gasteiger partial charge is 0.191 e. The van der Waals surface area contributed by atoms with Crippen LogP contribution in [0.1, 0.15) is 35.6 Å². The Morgan fingerprint density at radius 1 is 1.29 bits per heavy atom. The van der Waals surface area contributed by atoms with Crippen molar-refractivity contribution in [2.45, 2.75) is 33.1 Å². The zero-order valence-electron chi connectivity index (χ0n) is 14.7. The molecular weight excluding hydrogens is 417 g/mol. The van der Waals surface area contributed by atoms with Gasteiger partial charge in [-0.1, -0.05) is 18.1 Å². The number of aryl methyl sites for hydroxylation is 2. The maximum Gasteiger partial charge on any atom is 0.191 e. The SMILES string of the molecule is CN=C(NCCc1ccccn1)NCC(C)c1c(C)noc1C.I. The molecule has 0 aliphatic carbocycles. The Balaban J connectivity index is 0.00000288. The van der Waals surface area contributed by atoms with Crippen LogP contribution in [-0.4, -0.2) is 36.2 Å². The monoisotopic (exact) mass is 443 g/mol. The van der Waals surface area contributed by atoms with Gasteiger partial charge in [0, 0.05) is 49.9 Å². The van der Waals surface area contributed by atoms with Crippen molar-refractivity contribution in [1.82, 2.24) is 20.8 Å². The zero-order chi connectivity index (χ0) is 16.7. The Labute approximate surface area is 160 Å². The Morgan fingerprint density at radius 2 is 2.08 bits per heavy atom. The lowest BCUT2D eigenvalue weighted by atomic mass is 10.00. The van der Waals surface area contributed by atoms with Crippen LogP contribution in [0.15, 0.2) is 33.9 Å². The average Bonchev–Trinajstić information content (AvgIpc) is 2.90. The van der Waals surface area contributed by atoms with Crippen LogP contribution in [0.2, 0.25) is 0 Å². The van der Waals surface area contributed by atoms with E-state index in [0.717, 1.165) is 42.6 Å². The quantitative estimate of drug-likeness (QED) is 0.408. The standard InChI is InChI=1S/C17H25N5O.HI/c1-12(16-13(2)22-23-14(16)3)11-21-17(18-4)20-10-8-15-7-5-6-9-19-15;/h5-7,9,12H,8,10-11H2,1-4H3,(H2,18,20,21);1H. The van der Waals surface area contributed by atoms with Crippen molar-refractivity contribution in [2.24, 2.45) is 4.99 Å². The summed E-state index contributed by atoms with van der Waals surface area (Å²) in [6.45, 7) is 7.64. The molecule has 132 valence electrons. The van der Waals surface area contributed by atoms with Gasteiger partial charge in [-0.15, -0.1) is 24.0 Å². The molecule has 1 unspecified atom stereocenters. The number of hydrogen-bond donors (Lipinski definition) is 2. The van der Waals surface area contributed by atoms with Gasteiger partial charge < -0.3 is 15.2 Å². The van der Waals surface area contributed by atoms with Crippen LogP contribution in [0.5, 0.6) is 0 Å². The topological polar surface area (TPSA) is 75.3 Å². The minimum Gasteiger partial charge on any atom is -0.361 e. The lowest BCUT2D eigenvalue weighted by Crippen LogP contribution is -2.40. The zero-order valence-corrected chi connectivity index (χ0v) is 17.0. The first-order valence-electron chi connectivity index (χ1n) is 7.89. The van der Waals surface area contributed by atoms with Crippen LogP contribution >= 0.6 is 24.0 Å². The van der Waals surface area contributed by atoms with Crippen molar-refractivity contribution in [1.29, 1.82) is 0 Å². The second-order valence-corrected chi connectivity index (χ2v) is 5.59. The van der Waals surface area contributed by atoms with Gasteiger partial charge in [-0.05, 0) is 26.0 Å². The molecule has 2 N–H and O–H groups in total. The molecule has 0 bridgehead atoms. The molecule has 24 heavy (non-hydrogen) atoms. The first-order chi connectivity index (χ1) is 11.1. The number of nitrogens with zero attached hydrogens (tertiary/aromatic N) is 3. The second kappa shape index (κ2) is 10.3. The maximum absolute atomic E-state index is 5.23. The van der Waals surface area contributed by atoms with E-state index in [2.05, 4.69) is 32.7 Å². The number of aromatic nitrogens is 2. The van der Waals surface area contributed by atoms with Crippen molar-refractivity contribution in [3.8, 4) is 0 Å². The summed E-state index contributed by atoms with van der Waals surface area (Å²) in [7, 11) is 1.77. The van der Waals surface area contributed by atoms with Crippen LogP contribution in [0.25, 0.3) is 0 Å². The fraction of sp³-hybridized carbons (Fsp3) is 0.471. The van der Waals surface area contributed by atoms with Gasteiger partial charge in [0.15, 0.2) is 5.96 Å². The number of halogens is 1. The first-order valence-corrected chi connectivity index (χ1v) is 7.89. The molecule has 0 spiro atoms. The predicted octanol–water partition coefficient (Wildman–Crippen LogP) is 2.82. The molecule has 0 aliphatic rings. The second-order valence-electron chi connectivity index (χ2n) is 5.59. The minimum atomic E-state index is 0. The molecule has 0 amide bonds. The Hall–Kier alpha value is -1.64. The largest absolute Gasteiger partial charge is 0.361 e. The Morgan fingerprint density at radius 3 is 2.67 bits per heavy atom. The summed E-state index contributed by atoms with van der Waals surface area (Å²) in [5, 5.41) is 10.7. The van der Waals surface area contributed by atoms with Gasteiger partial charge in [0.1, 0.15) is 5.76 Å².